The molecule has 2 aliphatic rings. The summed E-state index contributed by atoms with van der Waals surface area (Å²) in [5.41, 5.74) is 2.36. The third-order valence-electron chi connectivity index (χ3n) is 10.4. The van der Waals surface area contributed by atoms with E-state index in [9.17, 15) is 41.1 Å². The molecule has 6 N–H and O–H groups in total. The number of fused-ring (bicyclic) bond motifs is 2. The van der Waals surface area contributed by atoms with Crippen molar-refractivity contribution in [2.45, 2.75) is 76.8 Å². The molecule has 0 aliphatic carbocycles. The van der Waals surface area contributed by atoms with Crippen LogP contribution in [0.15, 0.2) is 65.5 Å². The van der Waals surface area contributed by atoms with Gasteiger partial charge >= 0.3 is 10.5 Å². The molecule has 3 aromatic carbocycles. The smallest absolute Gasteiger partial charge is 0.483 e. The number of aromatic amines is 1. The number of nitrogens with zero attached hydrogens (tertiary/aromatic N) is 1. The number of hydrogen-bond acceptors (Lipinski definition) is 12. The van der Waals surface area contributed by atoms with Gasteiger partial charge in [-0.25, -0.2) is 0 Å². The molecule has 1 fully saturated rings. The molecule has 5 amide bonds. The van der Waals surface area contributed by atoms with Gasteiger partial charge in [0, 0.05) is 54.9 Å². The highest BCUT2D eigenvalue weighted by Gasteiger charge is 2.41. The molecule has 19 heteroatoms. The lowest BCUT2D eigenvalue weighted by Crippen LogP contribution is -2.52. The molecule has 324 valence electrons. The summed E-state index contributed by atoms with van der Waals surface area (Å²) in [7, 11) is -3.96. The topological polar surface area (TPSA) is 234 Å². The lowest BCUT2D eigenvalue weighted by Gasteiger charge is -2.29. The lowest BCUT2D eigenvalue weighted by molar-refractivity contribution is -0.137. The van der Waals surface area contributed by atoms with E-state index < -0.39 is 64.0 Å². The van der Waals surface area contributed by atoms with Crippen LogP contribution >= 0.6 is 0 Å². The van der Waals surface area contributed by atoms with Gasteiger partial charge in [0.2, 0.25) is 11.8 Å². The van der Waals surface area contributed by atoms with Crippen LogP contribution in [-0.2, 0) is 31.4 Å². The number of anilines is 3. The summed E-state index contributed by atoms with van der Waals surface area (Å²) in [6, 6.07) is 16.1. The number of halogens is 1. The SMILES string of the molecule is CNC(=O)c1c(Nc2ccccc2)c2cc(NCCCCCCCCCCNC(=O)COc3cc(OS(=O)(=O)F)cc4c3CN(C3CCC(=O)NC3=O)C4=O)ccc2[nH]c1=O. The summed E-state index contributed by atoms with van der Waals surface area (Å²) in [5.74, 6) is -3.36. The molecule has 0 bridgehead atoms. The van der Waals surface area contributed by atoms with E-state index in [2.05, 4.69) is 35.8 Å². The molecule has 1 saturated heterocycles. The summed E-state index contributed by atoms with van der Waals surface area (Å²) in [5, 5.41) is 14.9. The van der Waals surface area contributed by atoms with Gasteiger partial charge in [0.15, 0.2) is 6.61 Å². The number of rotatable bonds is 21. The minimum absolute atomic E-state index is 0.00703. The Morgan fingerprint density at radius 2 is 1.59 bits per heavy atom. The molecule has 4 aromatic rings. The number of nitrogens with one attached hydrogen (secondary N) is 6. The van der Waals surface area contributed by atoms with Crippen LogP contribution in [0.5, 0.6) is 11.5 Å². The second-order valence-electron chi connectivity index (χ2n) is 14.8. The van der Waals surface area contributed by atoms with Crippen molar-refractivity contribution in [3.63, 3.8) is 0 Å². The number of unbranched alkanes of at least 4 members (excludes halogenated alkanes) is 7. The number of amides is 5. The van der Waals surface area contributed by atoms with Crippen LogP contribution in [0.3, 0.4) is 0 Å². The maximum absolute atomic E-state index is 13.4. The average Bonchev–Trinajstić information content (AvgIpc) is 3.55. The van der Waals surface area contributed by atoms with Crippen molar-refractivity contribution in [3.05, 3.63) is 87.7 Å². The summed E-state index contributed by atoms with van der Waals surface area (Å²) in [6.07, 6.45) is 7.93. The Morgan fingerprint density at radius 3 is 2.28 bits per heavy atom. The molecular weight excluding hydrogens is 814 g/mol. The maximum atomic E-state index is 13.4. The van der Waals surface area contributed by atoms with Crippen molar-refractivity contribution in [2.75, 3.05) is 37.4 Å². The highest BCUT2D eigenvalue weighted by molar-refractivity contribution is 7.81. The van der Waals surface area contributed by atoms with Gasteiger partial charge in [-0.15, -0.1) is 0 Å². The summed E-state index contributed by atoms with van der Waals surface area (Å²) < 4.78 is 45.8. The second-order valence-corrected chi connectivity index (χ2v) is 15.7. The zero-order valence-corrected chi connectivity index (χ0v) is 34.4. The van der Waals surface area contributed by atoms with Gasteiger partial charge in [0.1, 0.15) is 23.1 Å². The number of H-pyrrole nitrogens is 1. The first-order valence-electron chi connectivity index (χ1n) is 20.1. The normalized spacial score (nSPS) is 15.0. The Labute approximate surface area is 351 Å². The third kappa shape index (κ3) is 11.6. The Bertz CT molecular complexity index is 2460. The number of piperidine rings is 1. The van der Waals surface area contributed by atoms with E-state index in [0.29, 0.717) is 23.1 Å². The van der Waals surface area contributed by atoms with Gasteiger partial charge in [-0.05, 0) is 55.7 Å². The fraction of sp³-hybridized carbons (Fsp3) is 0.381. The number of ether oxygens (including phenoxy) is 1. The minimum atomic E-state index is -5.45. The number of imide groups is 1. The fourth-order valence-electron chi connectivity index (χ4n) is 7.40. The van der Waals surface area contributed by atoms with Gasteiger partial charge in [-0.1, -0.05) is 60.6 Å². The second kappa shape index (κ2) is 20.2. The maximum Gasteiger partial charge on any atom is 0.488 e. The van der Waals surface area contributed by atoms with E-state index in [4.69, 9.17) is 4.74 Å². The highest BCUT2D eigenvalue weighted by atomic mass is 32.3. The van der Waals surface area contributed by atoms with E-state index >= 15 is 0 Å². The predicted molar refractivity (Wildman–Crippen MR) is 225 cm³/mol. The summed E-state index contributed by atoms with van der Waals surface area (Å²) in [4.78, 5) is 79.5. The molecule has 3 heterocycles. The van der Waals surface area contributed by atoms with Crippen LogP contribution in [0.2, 0.25) is 0 Å². The molecule has 61 heavy (non-hydrogen) atoms. The molecule has 17 nitrogen and oxygen atoms in total. The highest BCUT2D eigenvalue weighted by Crippen LogP contribution is 2.38. The zero-order chi connectivity index (χ0) is 43.5. The third-order valence-corrected chi connectivity index (χ3v) is 10.8. The van der Waals surface area contributed by atoms with Gasteiger partial charge in [0.05, 0.1) is 23.3 Å². The quantitative estimate of drug-likeness (QED) is 0.0380. The van der Waals surface area contributed by atoms with Crippen LogP contribution < -0.4 is 41.1 Å². The van der Waals surface area contributed by atoms with E-state index in [-0.39, 0.29) is 41.8 Å². The molecule has 2 aliphatic heterocycles. The van der Waals surface area contributed by atoms with E-state index in [1.54, 1.807) is 0 Å². The van der Waals surface area contributed by atoms with Crippen molar-refractivity contribution >= 4 is 68.0 Å². The Kier molecular flexibility index (Phi) is 14.6. The number of pyridine rings is 1. The first-order chi connectivity index (χ1) is 29.3. The average molecular weight is 862 g/mol. The number of carbonyl (C=O) groups is 5. The number of benzene rings is 3. The van der Waals surface area contributed by atoms with Gasteiger partial charge in [0.25, 0.3) is 23.3 Å². The van der Waals surface area contributed by atoms with Crippen molar-refractivity contribution in [1.82, 2.24) is 25.8 Å². The molecular formula is C42H48FN7O10S. The lowest BCUT2D eigenvalue weighted by atomic mass is 10.0. The van der Waals surface area contributed by atoms with Crippen LogP contribution in [0, 0.1) is 0 Å². The van der Waals surface area contributed by atoms with E-state index in [1.807, 2.05) is 48.5 Å². The standard InChI is InChI=1S/C42H48FN7O10S/c1-44-40(54)37-38(47-26-13-9-8-10-14-26)30-21-27(15-16-32(30)48-41(37)55)45-19-11-6-4-2-3-5-7-12-20-46-36(52)25-59-34-23-28(60-61(43,57)58)22-29-31(34)24-50(42(29)56)33-17-18-35(51)49-39(33)53/h8-10,13-16,21-23,33,45H,2-7,11-12,17-20,24-25H2,1H3,(H,44,54)(H,46,52)(H2,47,48,55)(H,49,51,53). The molecule has 0 radical (unpaired) electrons. The monoisotopic (exact) mass is 861 g/mol. The van der Waals surface area contributed by atoms with Crippen molar-refractivity contribution in [3.8, 4) is 11.5 Å². The first kappa shape index (κ1) is 44.1. The molecule has 1 atom stereocenters. The van der Waals surface area contributed by atoms with Gasteiger partial charge in [-0.2, -0.15) is 8.42 Å². The fourth-order valence-corrected chi connectivity index (χ4v) is 7.73. The van der Waals surface area contributed by atoms with Gasteiger partial charge in [-0.3, -0.25) is 34.1 Å². The van der Waals surface area contributed by atoms with Crippen LogP contribution in [0.1, 0.15) is 90.5 Å². The van der Waals surface area contributed by atoms with Crippen molar-refractivity contribution in [2.24, 2.45) is 0 Å². The molecule has 0 saturated carbocycles. The van der Waals surface area contributed by atoms with Crippen molar-refractivity contribution in [1.29, 1.82) is 0 Å². The summed E-state index contributed by atoms with van der Waals surface area (Å²) in [6.45, 7) is 0.554. The molecule has 6 rings (SSSR count). The zero-order valence-electron chi connectivity index (χ0n) is 33.6. The number of para-hydroxylation sites is 1. The van der Waals surface area contributed by atoms with E-state index in [1.165, 1.54) is 11.9 Å². The molecule has 1 unspecified atom stereocenters. The van der Waals surface area contributed by atoms with Crippen LogP contribution in [0.4, 0.5) is 20.9 Å². The Morgan fingerprint density at radius 1 is 0.885 bits per heavy atom. The largest absolute Gasteiger partial charge is 0.488 e. The van der Waals surface area contributed by atoms with Crippen molar-refractivity contribution < 1.29 is 45.2 Å². The number of carbonyl (C=O) groups excluding carboxylic acids is 5. The summed E-state index contributed by atoms with van der Waals surface area (Å²) >= 11 is 0. The number of hydrogen-bond donors (Lipinski definition) is 6. The Balaban J connectivity index is 0.886. The molecule has 1 aromatic heterocycles. The van der Waals surface area contributed by atoms with Crippen LogP contribution in [0.25, 0.3) is 10.9 Å². The van der Waals surface area contributed by atoms with E-state index in [0.717, 1.165) is 81.4 Å². The number of aromatic nitrogens is 1. The minimum Gasteiger partial charge on any atom is -0.483 e. The predicted octanol–water partition coefficient (Wildman–Crippen LogP) is 4.71. The Hall–Kier alpha value is -6.50. The first-order valence-corrected chi connectivity index (χ1v) is 21.5. The molecule has 0 spiro atoms. The van der Waals surface area contributed by atoms with Gasteiger partial charge < -0.3 is 40.1 Å². The van der Waals surface area contributed by atoms with Crippen LogP contribution in [-0.4, -0.2) is 80.6 Å².